The highest BCUT2D eigenvalue weighted by atomic mass is 19.4. The van der Waals surface area contributed by atoms with Gasteiger partial charge in [0.25, 0.3) is 0 Å². The molecule has 18 heavy (non-hydrogen) atoms. The summed E-state index contributed by atoms with van der Waals surface area (Å²) in [6.07, 6.45) is -1.82. The van der Waals surface area contributed by atoms with Gasteiger partial charge in [0, 0.05) is 18.8 Å². The maximum absolute atomic E-state index is 12.5. The van der Waals surface area contributed by atoms with E-state index in [1.165, 1.54) is 18.9 Å². The SMILES string of the molecule is FC(F)(F)c1cccc(NCCN2CCCC2)c1. The minimum Gasteiger partial charge on any atom is -0.384 e. The third-order valence-electron chi connectivity index (χ3n) is 3.15. The number of halogens is 3. The van der Waals surface area contributed by atoms with Crippen LogP contribution in [0.2, 0.25) is 0 Å². The zero-order valence-electron chi connectivity index (χ0n) is 10.1. The van der Waals surface area contributed by atoms with Crippen LogP contribution in [0.4, 0.5) is 18.9 Å². The van der Waals surface area contributed by atoms with Gasteiger partial charge < -0.3 is 10.2 Å². The molecule has 1 N–H and O–H groups in total. The van der Waals surface area contributed by atoms with Gasteiger partial charge in [-0.15, -0.1) is 0 Å². The molecule has 5 heteroatoms. The molecule has 1 heterocycles. The van der Waals surface area contributed by atoms with Crippen LogP contribution in [0.15, 0.2) is 24.3 Å². The molecule has 1 aliphatic rings. The van der Waals surface area contributed by atoms with Crippen molar-refractivity contribution < 1.29 is 13.2 Å². The molecule has 100 valence electrons. The number of benzene rings is 1. The summed E-state index contributed by atoms with van der Waals surface area (Å²) in [5.74, 6) is 0. The highest BCUT2D eigenvalue weighted by molar-refractivity contribution is 5.46. The lowest BCUT2D eigenvalue weighted by molar-refractivity contribution is -0.137. The fourth-order valence-corrected chi connectivity index (χ4v) is 2.17. The molecule has 2 rings (SSSR count). The fraction of sp³-hybridized carbons (Fsp3) is 0.538. The van der Waals surface area contributed by atoms with E-state index in [4.69, 9.17) is 0 Å². The molecule has 1 aromatic carbocycles. The van der Waals surface area contributed by atoms with E-state index in [1.54, 1.807) is 6.07 Å². The third kappa shape index (κ3) is 3.63. The Kier molecular flexibility index (Phi) is 4.11. The van der Waals surface area contributed by atoms with E-state index in [0.29, 0.717) is 12.2 Å². The monoisotopic (exact) mass is 258 g/mol. The molecule has 0 saturated carbocycles. The minimum absolute atomic E-state index is 0.532. The molecule has 0 amide bonds. The lowest BCUT2D eigenvalue weighted by atomic mass is 10.2. The van der Waals surface area contributed by atoms with E-state index in [1.807, 2.05) is 0 Å². The first kappa shape index (κ1) is 13.2. The van der Waals surface area contributed by atoms with E-state index in [2.05, 4.69) is 10.2 Å². The van der Waals surface area contributed by atoms with Gasteiger partial charge in [0.15, 0.2) is 0 Å². The summed E-state index contributed by atoms with van der Waals surface area (Å²) in [5, 5.41) is 3.04. The number of hydrogen-bond donors (Lipinski definition) is 1. The standard InChI is InChI=1S/C13H17F3N2/c14-13(15,16)11-4-3-5-12(10-11)17-6-9-18-7-1-2-8-18/h3-5,10,17H,1-2,6-9H2. The minimum atomic E-state index is -4.27. The number of alkyl halides is 3. The van der Waals surface area contributed by atoms with Crippen LogP contribution >= 0.6 is 0 Å². The Morgan fingerprint density at radius 3 is 2.56 bits per heavy atom. The zero-order valence-corrected chi connectivity index (χ0v) is 10.1. The Labute approximate surface area is 105 Å². The molecule has 0 bridgehead atoms. The van der Waals surface area contributed by atoms with Crippen LogP contribution in [0, 0.1) is 0 Å². The molecule has 0 aliphatic carbocycles. The maximum Gasteiger partial charge on any atom is 0.416 e. The van der Waals surface area contributed by atoms with E-state index in [-0.39, 0.29) is 0 Å². The van der Waals surface area contributed by atoms with Crippen LogP contribution in [0.5, 0.6) is 0 Å². The van der Waals surface area contributed by atoms with Gasteiger partial charge in [-0.25, -0.2) is 0 Å². The summed E-state index contributed by atoms with van der Waals surface area (Å²) in [7, 11) is 0. The molecule has 0 spiro atoms. The first-order valence-corrected chi connectivity index (χ1v) is 6.19. The predicted molar refractivity (Wildman–Crippen MR) is 65.6 cm³/mol. The van der Waals surface area contributed by atoms with Gasteiger partial charge in [0.05, 0.1) is 5.56 Å². The molecule has 0 aromatic heterocycles. The van der Waals surface area contributed by atoms with Crippen molar-refractivity contribution in [2.24, 2.45) is 0 Å². The van der Waals surface area contributed by atoms with Gasteiger partial charge in [-0.2, -0.15) is 13.2 Å². The van der Waals surface area contributed by atoms with Crippen LogP contribution < -0.4 is 5.32 Å². The van der Waals surface area contributed by atoms with Crippen LogP contribution in [-0.4, -0.2) is 31.1 Å². The number of hydrogen-bond acceptors (Lipinski definition) is 2. The average Bonchev–Trinajstić information content (AvgIpc) is 2.81. The zero-order chi connectivity index (χ0) is 13.0. The van der Waals surface area contributed by atoms with Crippen molar-refractivity contribution in [1.29, 1.82) is 0 Å². The summed E-state index contributed by atoms with van der Waals surface area (Å²) in [6, 6.07) is 5.34. The second-order valence-corrected chi connectivity index (χ2v) is 4.55. The summed E-state index contributed by atoms with van der Waals surface area (Å²) in [4.78, 5) is 2.32. The molecule has 0 radical (unpaired) electrons. The topological polar surface area (TPSA) is 15.3 Å². The molecule has 1 aliphatic heterocycles. The summed E-state index contributed by atoms with van der Waals surface area (Å²) < 4.78 is 37.5. The van der Waals surface area contributed by atoms with E-state index >= 15 is 0 Å². The number of likely N-dealkylation sites (tertiary alicyclic amines) is 1. The lowest BCUT2D eigenvalue weighted by Gasteiger charge is -2.16. The van der Waals surface area contributed by atoms with Crippen LogP contribution in [-0.2, 0) is 6.18 Å². The molecule has 1 aromatic rings. The highest BCUT2D eigenvalue weighted by Gasteiger charge is 2.30. The predicted octanol–water partition coefficient (Wildman–Crippen LogP) is 3.21. The molecule has 0 atom stereocenters. The Morgan fingerprint density at radius 1 is 1.17 bits per heavy atom. The van der Waals surface area contributed by atoms with Crippen molar-refractivity contribution in [3.8, 4) is 0 Å². The Bertz CT molecular complexity index is 384. The summed E-state index contributed by atoms with van der Waals surface area (Å²) in [6.45, 7) is 3.77. The van der Waals surface area contributed by atoms with Gasteiger partial charge in [-0.1, -0.05) is 6.07 Å². The van der Waals surface area contributed by atoms with Crippen LogP contribution in [0.25, 0.3) is 0 Å². The van der Waals surface area contributed by atoms with Crippen LogP contribution in [0.3, 0.4) is 0 Å². The second kappa shape index (κ2) is 5.61. The van der Waals surface area contributed by atoms with Crippen molar-refractivity contribution in [2.45, 2.75) is 19.0 Å². The van der Waals surface area contributed by atoms with Gasteiger partial charge in [-0.05, 0) is 44.1 Å². The van der Waals surface area contributed by atoms with Crippen molar-refractivity contribution in [3.63, 3.8) is 0 Å². The largest absolute Gasteiger partial charge is 0.416 e. The van der Waals surface area contributed by atoms with Crippen molar-refractivity contribution in [1.82, 2.24) is 4.90 Å². The van der Waals surface area contributed by atoms with Crippen molar-refractivity contribution >= 4 is 5.69 Å². The van der Waals surface area contributed by atoms with Gasteiger partial charge in [0.2, 0.25) is 0 Å². The number of nitrogens with zero attached hydrogens (tertiary/aromatic N) is 1. The third-order valence-corrected chi connectivity index (χ3v) is 3.15. The number of nitrogens with one attached hydrogen (secondary N) is 1. The lowest BCUT2D eigenvalue weighted by Crippen LogP contribution is -2.26. The molecule has 0 unspecified atom stereocenters. The van der Waals surface area contributed by atoms with Crippen molar-refractivity contribution in [2.75, 3.05) is 31.5 Å². The van der Waals surface area contributed by atoms with E-state index < -0.39 is 11.7 Å². The normalized spacial score (nSPS) is 17.1. The molecule has 1 saturated heterocycles. The first-order chi connectivity index (χ1) is 8.55. The quantitative estimate of drug-likeness (QED) is 0.892. The molecule has 2 nitrogen and oxygen atoms in total. The summed E-state index contributed by atoms with van der Waals surface area (Å²) in [5.41, 5.74) is -0.0716. The van der Waals surface area contributed by atoms with E-state index in [0.717, 1.165) is 31.8 Å². The van der Waals surface area contributed by atoms with Gasteiger partial charge in [-0.3, -0.25) is 0 Å². The van der Waals surface area contributed by atoms with Crippen LogP contribution in [0.1, 0.15) is 18.4 Å². The van der Waals surface area contributed by atoms with Gasteiger partial charge >= 0.3 is 6.18 Å². The fourth-order valence-electron chi connectivity index (χ4n) is 2.17. The summed E-state index contributed by atoms with van der Waals surface area (Å²) >= 11 is 0. The first-order valence-electron chi connectivity index (χ1n) is 6.19. The highest BCUT2D eigenvalue weighted by Crippen LogP contribution is 2.30. The second-order valence-electron chi connectivity index (χ2n) is 4.55. The number of anilines is 1. The smallest absolute Gasteiger partial charge is 0.384 e. The van der Waals surface area contributed by atoms with Gasteiger partial charge in [0.1, 0.15) is 0 Å². The molecule has 1 fully saturated rings. The van der Waals surface area contributed by atoms with Crippen molar-refractivity contribution in [3.05, 3.63) is 29.8 Å². The Morgan fingerprint density at radius 2 is 1.89 bits per heavy atom. The Balaban J connectivity index is 1.85. The average molecular weight is 258 g/mol. The maximum atomic E-state index is 12.5. The number of rotatable bonds is 4. The Hall–Kier alpha value is -1.23. The molecular formula is C13H17F3N2. The molecular weight excluding hydrogens is 241 g/mol. The van der Waals surface area contributed by atoms with E-state index in [9.17, 15) is 13.2 Å².